The van der Waals surface area contributed by atoms with E-state index in [1.54, 1.807) is 0 Å². The SMILES string of the molecule is Cc1cccc(CN(Cc2nc(C(=O)O)co2)CC2CCCO2)c1. The van der Waals surface area contributed by atoms with Crippen molar-refractivity contribution >= 4 is 5.97 Å². The van der Waals surface area contributed by atoms with Gasteiger partial charge in [0, 0.05) is 19.7 Å². The largest absolute Gasteiger partial charge is 0.476 e. The zero-order valence-electron chi connectivity index (χ0n) is 13.8. The molecule has 1 aliphatic rings. The highest BCUT2D eigenvalue weighted by atomic mass is 16.5. The molecular weight excluding hydrogens is 308 g/mol. The van der Waals surface area contributed by atoms with E-state index in [0.717, 1.165) is 32.5 Å². The minimum absolute atomic E-state index is 0.0578. The zero-order valence-corrected chi connectivity index (χ0v) is 13.8. The van der Waals surface area contributed by atoms with Gasteiger partial charge in [-0.15, -0.1) is 0 Å². The number of oxazole rings is 1. The Morgan fingerprint density at radius 1 is 1.42 bits per heavy atom. The first-order valence-corrected chi connectivity index (χ1v) is 8.17. The van der Waals surface area contributed by atoms with Crippen molar-refractivity contribution in [2.45, 2.75) is 39.0 Å². The van der Waals surface area contributed by atoms with Gasteiger partial charge in [0.15, 0.2) is 5.69 Å². The summed E-state index contributed by atoms with van der Waals surface area (Å²) in [5.74, 6) is -0.660. The smallest absolute Gasteiger partial charge is 0.357 e. The van der Waals surface area contributed by atoms with E-state index < -0.39 is 5.97 Å². The molecule has 0 amide bonds. The van der Waals surface area contributed by atoms with E-state index in [-0.39, 0.29) is 11.8 Å². The number of ether oxygens (including phenoxy) is 1. The number of benzene rings is 1. The molecule has 0 radical (unpaired) electrons. The first kappa shape index (κ1) is 16.7. The molecule has 1 aliphatic heterocycles. The summed E-state index contributed by atoms with van der Waals surface area (Å²) in [6.45, 7) is 4.86. The van der Waals surface area contributed by atoms with Crippen LogP contribution in [0.1, 0.15) is 40.3 Å². The molecule has 1 aromatic heterocycles. The summed E-state index contributed by atoms with van der Waals surface area (Å²) in [6, 6.07) is 8.36. The lowest BCUT2D eigenvalue weighted by molar-refractivity contribution is 0.0646. The fourth-order valence-electron chi connectivity index (χ4n) is 3.00. The molecule has 0 spiro atoms. The zero-order chi connectivity index (χ0) is 16.9. The van der Waals surface area contributed by atoms with Gasteiger partial charge in [-0.25, -0.2) is 9.78 Å². The Morgan fingerprint density at radius 3 is 2.96 bits per heavy atom. The first-order valence-electron chi connectivity index (χ1n) is 8.17. The number of nitrogens with zero attached hydrogens (tertiary/aromatic N) is 2. The van der Waals surface area contributed by atoms with Crippen molar-refractivity contribution in [1.82, 2.24) is 9.88 Å². The summed E-state index contributed by atoms with van der Waals surface area (Å²) in [4.78, 5) is 17.2. The van der Waals surface area contributed by atoms with Gasteiger partial charge in [0.2, 0.25) is 5.89 Å². The van der Waals surface area contributed by atoms with E-state index in [9.17, 15) is 4.79 Å². The average Bonchev–Trinajstić information content (AvgIpc) is 3.19. The van der Waals surface area contributed by atoms with Crippen LogP contribution in [-0.2, 0) is 17.8 Å². The molecule has 2 aromatic rings. The summed E-state index contributed by atoms with van der Waals surface area (Å²) >= 11 is 0. The second kappa shape index (κ2) is 7.59. The van der Waals surface area contributed by atoms with Gasteiger partial charge in [0.1, 0.15) is 6.26 Å². The third-order valence-electron chi connectivity index (χ3n) is 4.10. The number of carboxylic acids is 1. The van der Waals surface area contributed by atoms with Gasteiger partial charge < -0.3 is 14.3 Å². The fourth-order valence-corrected chi connectivity index (χ4v) is 3.00. The Kier molecular flexibility index (Phi) is 5.27. The Hall–Kier alpha value is -2.18. The van der Waals surface area contributed by atoms with Gasteiger partial charge in [-0.3, -0.25) is 4.90 Å². The van der Waals surface area contributed by atoms with E-state index in [1.807, 2.05) is 6.07 Å². The van der Waals surface area contributed by atoms with Crippen molar-refractivity contribution in [3.8, 4) is 0 Å². The Bertz CT molecular complexity index is 692. The Balaban J connectivity index is 1.71. The number of aromatic carboxylic acids is 1. The number of aromatic nitrogens is 1. The van der Waals surface area contributed by atoms with Crippen molar-refractivity contribution < 1.29 is 19.1 Å². The standard InChI is InChI=1S/C18H22N2O4/c1-13-4-2-5-14(8-13)9-20(10-15-6-3-7-23-15)11-17-19-16(12-24-17)18(21)22/h2,4-5,8,12,15H,3,6-7,9-11H2,1H3,(H,21,22). The number of hydrogen-bond acceptors (Lipinski definition) is 5. The molecule has 24 heavy (non-hydrogen) atoms. The number of hydrogen-bond donors (Lipinski definition) is 1. The molecule has 3 rings (SSSR count). The predicted molar refractivity (Wildman–Crippen MR) is 87.7 cm³/mol. The number of aryl methyl sites for hydroxylation is 1. The average molecular weight is 330 g/mol. The highest BCUT2D eigenvalue weighted by molar-refractivity contribution is 5.84. The molecule has 6 nitrogen and oxygen atoms in total. The summed E-state index contributed by atoms with van der Waals surface area (Å²) in [6.07, 6.45) is 3.54. The van der Waals surface area contributed by atoms with Crippen LogP contribution >= 0.6 is 0 Å². The molecular formula is C18H22N2O4. The van der Waals surface area contributed by atoms with E-state index in [1.165, 1.54) is 17.4 Å². The van der Waals surface area contributed by atoms with Gasteiger partial charge in [0.05, 0.1) is 12.6 Å². The molecule has 1 atom stereocenters. The second-order valence-corrected chi connectivity index (χ2v) is 6.23. The van der Waals surface area contributed by atoms with E-state index in [0.29, 0.717) is 12.4 Å². The van der Waals surface area contributed by atoms with E-state index in [2.05, 4.69) is 35.0 Å². The first-order chi connectivity index (χ1) is 11.6. The van der Waals surface area contributed by atoms with Crippen LogP contribution in [0, 0.1) is 6.92 Å². The summed E-state index contributed by atoms with van der Waals surface area (Å²) in [5.41, 5.74) is 2.37. The number of carboxylic acid groups (broad SMARTS) is 1. The number of rotatable bonds is 7. The minimum Gasteiger partial charge on any atom is -0.476 e. The van der Waals surface area contributed by atoms with Gasteiger partial charge in [0.25, 0.3) is 0 Å². The Morgan fingerprint density at radius 2 is 2.29 bits per heavy atom. The Labute approximate surface area is 141 Å². The van der Waals surface area contributed by atoms with Gasteiger partial charge >= 0.3 is 5.97 Å². The summed E-state index contributed by atoms with van der Waals surface area (Å²) in [5, 5.41) is 8.97. The van der Waals surface area contributed by atoms with Crippen LogP contribution in [0.3, 0.4) is 0 Å². The highest BCUT2D eigenvalue weighted by Gasteiger charge is 2.21. The maximum absolute atomic E-state index is 11.0. The highest BCUT2D eigenvalue weighted by Crippen LogP contribution is 2.17. The van der Waals surface area contributed by atoms with Gasteiger partial charge in [-0.2, -0.15) is 0 Å². The van der Waals surface area contributed by atoms with Crippen LogP contribution in [0.4, 0.5) is 0 Å². The summed E-state index contributed by atoms with van der Waals surface area (Å²) < 4.78 is 11.0. The van der Waals surface area contributed by atoms with Crippen molar-refractivity contribution in [2.75, 3.05) is 13.2 Å². The minimum atomic E-state index is -1.07. The summed E-state index contributed by atoms with van der Waals surface area (Å²) in [7, 11) is 0. The lowest BCUT2D eigenvalue weighted by Gasteiger charge is -2.24. The topological polar surface area (TPSA) is 75.8 Å². The van der Waals surface area contributed by atoms with Gasteiger partial charge in [-0.1, -0.05) is 29.8 Å². The molecule has 1 fully saturated rings. The molecule has 6 heteroatoms. The molecule has 1 saturated heterocycles. The molecule has 0 bridgehead atoms. The second-order valence-electron chi connectivity index (χ2n) is 6.23. The molecule has 1 N–H and O–H groups in total. The third-order valence-corrected chi connectivity index (χ3v) is 4.10. The monoisotopic (exact) mass is 330 g/mol. The maximum Gasteiger partial charge on any atom is 0.357 e. The van der Waals surface area contributed by atoms with Crippen molar-refractivity contribution in [2.24, 2.45) is 0 Å². The number of carbonyl (C=O) groups is 1. The molecule has 1 unspecified atom stereocenters. The van der Waals surface area contributed by atoms with Crippen LogP contribution in [0.15, 0.2) is 34.9 Å². The molecule has 0 saturated carbocycles. The molecule has 128 valence electrons. The predicted octanol–water partition coefficient (Wildman–Crippen LogP) is 2.86. The third kappa shape index (κ3) is 4.43. The fraction of sp³-hybridized carbons (Fsp3) is 0.444. The lowest BCUT2D eigenvalue weighted by atomic mass is 10.1. The van der Waals surface area contributed by atoms with Crippen LogP contribution in [0.2, 0.25) is 0 Å². The molecule has 2 heterocycles. The van der Waals surface area contributed by atoms with Crippen LogP contribution < -0.4 is 0 Å². The van der Waals surface area contributed by atoms with Crippen LogP contribution in [0.5, 0.6) is 0 Å². The maximum atomic E-state index is 11.0. The quantitative estimate of drug-likeness (QED) is 0.841. The van der Waals surface area contributed by atoms with Crippen molar-refractivity contribution in [3.63, 3.8) is 0 Å². The lowest BCUT2D eigenvalue weighted by Crippen LogP contribution is -2.31. The van der Waals surface area contributed by atoms with Crippen molar-refractivity contribution in [1.29, 1.82) is 0 Å². The molecule has 1 aromatic carbocycles. The normalized spacial score (nSPS) is 17.5. The van der Waals surface area contributed by atoms with Crippen LogP contribution in [-0.4, -0.2) is 40.2 Å². The van der Waals surface area contributed by atoms with Crippen LogP contribution in [0.25, 0.3) is 0 Å². The van der Waals surface area contributed by atoms with Gasteiger partial charge in [-0.05, 0) is 25.3 Å². The molecule has 0 aliphatic carbocycles. The van der Waals surface area contributed by atoms with Crippen molar-refractivity contribution in [3.05, 3.63) is 53.2 Å². The van der Waals surface area contributed by atoms with E-state index >= 15 is 0 Å². The van der Waals surface area contributed by atoms with E-state index in [4.69, 9.17) is 14.3 Å².